The Labute approximate surface area is 148 Å². The third-order valence-electron chi connectivity index (χ3n) is 4.67. The SMILES string of the molecule is CC(C)(C)c1cc(C(C)(C)C)c(P2(=O)C=CC=C2)c(C(C)(C)C)c1. The van der Waals surface area contributed by atoms with Crippen molar-refractivity contribution in [2.24, 2.45) is 0 Å². The van der Waals surface area contributed by atoms with Gasteiger partial charge in [0, 0.05) is 5.30 Å². The number of rotatable bonds is 1. The summed E-state index contributed by atoms with van der Waals surface area (Å²) in [5.74, 6) is 3.81. The van der Waals surface area contributed by atoms with Crippen molar-refractivity contribution < 1.29 is 4.57 Å². The lowest BCUT2D eigenvalue weighted by molar-refractivity contribution is 0.550. The highest BCUT2D eigenvalue weighted by atomic mass is 31.2. The molecular weight excluding hydrogens is 311 g/mol. The van der Waals surface area contributed by atoms with Gasteiger partial charge in [-0.15, -0.1) is 0 Å². The quantitative estimate of drug-likeness (QED) is 0.524. The Morgan fingerprint density at radius 1 is 0.667 bits per heavy atom. The molecule has 2 heteroatoms. The molecule has 0 bridgehead atoms. The molecule has 1 aromatic carbocycles. The molecule has 1 heterocycles. The summed E-state index contributed by atoms with van der Waals surface area (Å²) in [6.07, 6.45) is 3.86. The zero-order chi connectivity index (χ0) is 18.6. The molecule has 1 aromatic rings. The Morgan fingerprint density at radius 3 is 1.33 bits per heavy atom. The van der Waals surface area contributed by atoms with Gasteiger partial charge >= 0.3 is 0 Å². The minimum atomic E-state index is -2.62. The molecule has 0 saturated heterocycles. The van der Waals surface area contributed by atoms with Gasteiger partial charge in [0.25, 0.3) is 0 Å². The summed E-state index contributed by atoms with van der Waals surface area (Å²) in [6, 6.07) is 4.59. The zero-order valence-electron chi connectivity index (χ0n) is 16.8. The van der Waals surface area contributed by atoms with E-state index < -0.39 is 7.14 Å². The molecule has 0 atom stereocenters. The standard InChI is InChI=1S/C22H33OP/c1-20(2,3)16-14-17(21(4,5)6)19(18(15-16)22(7,8)9)24(23)12-10-11-13-24/h10-15H,1-9H3. The van der Waals surface area contributed by atoms with E-state index in [4.69, 9.17) is 0 Å². The summed E-state index contributed by atoms with van der Waals surface area (Å²) in [5, 5.41) is 1.06. The van der Waals surface area contributed by atoms with E-state index in [1.807, 2.05) is 23.8 Å². The number of hydrogen-bond acceptors (Lipinski definition) is 1. The second-order valence-electron chi connectivity index (χ2n) is 10.1. The van der Waals surface area contributed by atoms with Crippen LogP contribution in [0.5, 0.6) is 0 Å². The maximum Gasteiger partial charge on any atom is 0.157 e. The number of hydrogen-bond donors (Lipinski definition) is 0. The monoisotopic (exact) mass is 344 g/mol. The molecule has 0 unspecified atom stereocenters. The molecule has 0 aromatic heterocycles. The molecule has 0 saturated carbocycles. The Morgan fingerprint density at radius 2 is 1.04 bits per heavy atom. The van der Waals surface area contributed by atoms with Crippen LogP contribution in [0.15, 0.2) is 35.9 Å². The molecular formula is C22H33OP. The van der Waals surface area contributed by atoms with E-state index in [1.54, 1.807) is 0 Å². The van der Waals surface area contributed by atoms with Crippen LogP contribution in [0.4, 0.5) is 0 Å². The summed E-state index contributed by atoms with van der Waals surface area (Å²) in [5.41, 5.74) is 3.71. The van der Waals surface area contributed by atoms with Crippen molar-refractivity contribution >= 4 is 12.4 Å². The minimum Gasteiger partial charge on any atom is -0.310 e. The molecule has 0 spiro atoms. The Hall–Kier alpha value is -1.07. The molecule has 0 fully saturated rings. The fraction of sp³-hybridized carbons (Fsp3) is 0.545. The summed E-state index contributed by atoms with van der Waals surface area (Å²) in [7, 11) is -2.62. The van der Waals surface area contributed by atoms with Crippen molar-refractivity contribution in [2.75, 3.05) is 0 Å². The van der Waals surface area contributed by atoms with Crippen LogP contribution in [-0.4, -0.2) is 0 Å². The Balaban J connectivity index is 2.98. The maximum atomic E-state index is 13.7. The van der Waals surface area contributed by atoms with Gasteiger partial charge < -0.3 is 4.57 Å². The average Bonchev–Trinajstić information content (AvgIpc) is 2.82. The van der Waals surface area contributed by atoms with E-state index in [-0.39, 0.29) is 16.2 Å². The van der Waals surface area contributed by atoms with Crippen LogP contribution < -0.4 is 5.30 Å². The van der Waals surface area contributed by atoms with Crippen LogP contribution >= 0.6 is 7.14 Å². The van der Waals surface area contributed by atoms with Crippen LogP contribution in [0, 0.1) is 0 Å². The van der Waals surface area contributed by atoms with Crippen molar-refractivity contribution in [2.45, 2.75) is 78.6 Å². The van der Waals surface area contributed by atoms with Crippen molar-refractivity contribution in [1.29, 1.82) is 0 Å². The van der Waals surface area contributed by atoms with E-state index in [9.17, 15) is 4.57 Å². The smallest absolute Gasteiger partial charge is 0.157 e. The van der Waals surface area contributed by atoms with Gasteiger partial charge in [0.05, 0.1) is 0 Å². The highest BCUT2D eigenvalue weighted by molar-refractivity contribution is 7.77. The summed E-state index contributed by atoms with van der Waals surface area (Å²) < 4.78 is 13.7. The number of benzene rings is 1. The van der Waals surface area contributed by atoms with Crippen LogP contribution in [0.2, 0.25) is 0 Å². The van der Waals surface area contributed by atoms with Crippen molar-refractivity contribution in [1.82, 2.24) is 0 Å². The first-order valence-corrected chi connectivity index (χ1v) is 10.7. The topological polar surface area (TPSA) is 17.1 Å². The maximum absolute atomic E-state index is 13.7. The average molecular weight is 344 g/mol. The molecule has 0 N–H and O–H groups in total. The first-order valence-electron chi connectivity index (χ1n) is 8.83. The lowest BCUT2D eigenvalue weighted by Crippen LogP contribution is -2.32. The van der Waals surface area contributed by atoms with Crippen LogP contribution in [0.3, 0.4) is 0 Å². The van der Waals surface area contributed by atoms with Gasteiger partial charge in [0.15, 0.2) is 7.14 Å². The fourth-order valence-electron chi connectivity index (χ4n) is 3.14. The molecule has 0 amide bonds. The normalized spacial score (nSPS) is 17.5. The molecule has 0 aliphatic carbocycles. The van der Waals surface area contributed by atoms with E-state index in [2.05, 4.69) is 74.4 Å². The summed E-state index contributed by atoms with van der Waals surface area (Å²) in [6.45, 7) is 20.1. The largest absolute Gasteiger partial charge is 0.310 e. The molecule has 1 nitrogen and oxygen atoms in total. The van der Waals surface area contributed by atoms with Gasteiger partial charge in [-0.25, -0.2) is 0 Å². The molecule has 1 aliphatic heterocycles. The molecule has 2 rings (SSSR count). The number of allylic oxidation sites excluding steroid dienone is 2. The van der Waals surface area contributed by atoms with E-state index in [0.717, 1.165) is 5.30 Å². The van der Waals surface area contributed by atoms with Gasteiger partial charge in [0.1, 0.15) is 0 Å². The van der Waals surface area contributed by atoms with Gasteiger partial charge in [-0.3, -0.25) is 0 Å². The summed E-state index contributed by atoms with van der Waals surface area (Å²) >= 11 is 0. The lowest BCUT2D eigenvalue weighted by atomic mass is 9.75. The predicted molar refractivity (Wildman–Crippen MR) is 108 cm³/mol. The highest BCUT2D eigenvalue weighted by Crippen LogP contribution is 2.55. The third-order valence-corrected chi connectivity index (χ3v) is 7.08. The first-order chi connectivity index (χ1) is 10.7. The fourth-order valence-corrected chi connectivity index (χ4v) is 5.80. The Bertz CT molecular complexity index is 693. The third kappa shape index (κ3) is 3.62. The van der Waals surface area contributed by atoms with Gasteiger partial charge in [-0.1, -0.05) is 86.6 Å². The second kappa shape index (κ2) is 5.73. The van der Waals surface area contributed by atoms with Gasteiger partial charge in [-0.05, 0) is 44.6 Å². The molecule has 1 aliphatic rings. The predicted octanol–water partition coefficient (Wildman–Crippen LogP) is 6.61. The van der Waals surface area contributed by atoms with Crippen molar-refractivity contribution in [3.63, 3.8) is 0 Å². The van der Waals surface area contributed by atoms with Crippen LogP contribution in [0.1, 0.15) is 79.0 Å². The lowest BCUT2D eigenvalue weighted by Gasteiger charge is -2.34. The zero-order valence-corrected chi connectivity index (χ0v) is 17.7. The molecule has 0 radical (unpaired) electrons. The minimum absolute atomic E-state index is 0.0573. The van der Waals surface area contributed by atoms with E-state index >= 15 is 0 Å². The van der Waals surface area contributed by atoms with E-state index in [1.165, 1.54) is 16.7 Å². The van der Waals surface area contributed by atoms with Gasteiger partial charge in [0.2, 0.25) is 0 Å². The molecule has 132 valence electrons. The summed E-state index contributed by atoms with van der Waals surface area (Å²) in [4.78, 5) is 0. The Kier molecular flexibility index (Phi) is 4.60. The van der Waals surface area contributed by atoms with E-state index in [0.29, 0.717) is 0 Å². The highest BCUT2D eigenvalue weighted by Gasteiger charge is 2.36. The van der Waals surface area contributed by atoms with Gasteiger partial charge in [-0.2, -0.15) is 0 Å². The van der Waals surface area contributed by atoms with Crippen LogP contribution in [0.25, 0.3) is 0 Å². The first kappa shape index (κ1) is 19.3. The molecule has 24 heavy (non-hydrogen) atoms. The van der Waals surface area contributed by atoms with Crippen molar-refractivity contribution in [3.8, 4) is 0 Å². The second-order valence-corrected chi connectivity index (χ2v) is 12.5. The van der Waals surface area contributed by atoms with Crippen LogP contribution in [-0.2, 0) is 20.8 Å². The van der Waals surface area contributed by atoms with Crippen molar-refractivity contribution in [3.05, 3.63) is 52.6 Å².